The number of aromatic nitrogens is 2. The first-order valence-corrected chi connectivity index (χ1v) is 19.6. The summed E-state index contributed by atoms with van der Waals surface area (Å²) in [7, 11) is 0. The fourth-order valence-electron chi connectivity index (χ4n) is 10.5. The van der Waals surface area contributed by atoms with Crippen molar-refractivity contribution in [2.75, 3.05) is 4.81 Å². The molecule has 262 valence electrons. The van der Waals surface area contributed by atoms with Crippen LogP contribution in [0.25, 0.3) is 83.1 Å². The van der Waals surface area contributed by atoms with Crippen molar-refractivity contribution < 1.29 is 4.42 Å². The van der Waals surface area contributed by atoms with Crippen molar-refractivity contribution in [2.45, 2.75) is 26.2 Å². The molecule has 3 aliphatic rings. The molecule has 0 bridgehead atoms. The minimum atomic E-state index is -0.149. The highest BCUT2D eigenvalue weighted by molar-refractivity contribution is 6.94. The topological polar surface area (TPSA) is 34.2 Å². The summed E-state index contributed by atoms with van der Waals surface area (Å²) in [6.45, 7) is 6.81. The van der Waals surface area contributed by atoms with Gasteiger partial charge in [0.25, 0.3) is 0 Å². The number of nitrogens with zero attached hydrogens (tertiary/aromatic N) is 3. The molecule has 1 aliphatic carbocycles. The summed E-state index contributed by atoms with van der Waals surface area (Å²) in [6.07, 6.45) is 0. The Labute approximate surface area is 324 Å². The quantitative estimate of drug-likeness (QED) is 0.167. The van der Waals surface area contributed by atoms with Crippen LogP contribution in [0, 0.1) is 6.92 Å². The zero-order valence-corrected chi connectivity index (χ0v) is 31.3. The number of benzene rings is 8. The van der Waals surface area contributed by atoms with Crippen LogP contribution >= 0.6 is 0 Å². The van der Waals surface area contributed by atoms with Gasteiger partial charge >= 0.3 is 6.85 Å². The first kappa shape index (κ1) is 30.5. The molecule has 13 rings (SSSR count). The molecule has 0 spiro atoms. The third-order valence-corrected chi connectivity index (χ3v) is 13.0. The van der Waals surface area contributed by atoms with Crippen LogP contribution in [-0.4, -0.2) is 16.4 Å². The highest BCUT2D eigenvalue weighted by atomic mass is 16.3. The third-order valence-electron chi connectivity index (χ3n) is 13.0. The lowest BCUT2D eigenvalue weighted by molar-refractivity contribution is 0.619. The van der Waals surface area contributed by atoms with Crippen molar-refractivity contribution in [1.82, 2.24) is 9.55 Å². The zero-order chi connectivity index (χ0) is 37.0. The van der Waals surface area contributed by atoms with Crippen LogP contribution < -0.4 is 15.7 Å². The molecule has 2 aliphatic heterocycles. The normalized spacial score (nSPS) is 14.4. The van der Waals surface area contributed by atoms with Crippen LogP contribution in [0.2, 0.25) is 0 Å². The van der Waals surface area contributed by atoms with Crippen LogP contribution in [0.5, 0.6) is 0 Å². The van der Waals surface area contributed by atoms with Gasteiger partial charge in [0.05, 0.1) is 11.0 Å². The molecule has 5 heteroatoms. The summed E-state index contributed by atoms with van der Waals surface area (Å²) < 4.78 is 9.14. The number of aryl methyl sites for hydroxylation is 1. The molecule has 2 aromatic heterocycles. The van der Waals surface area contributed by atoms with E-state index in [2.05, 4.69) is 164 Å². The zero-order valence-electron chi connectivity index (χ0n) is 31.3. The maximum absolute atomic E-state index is 6.62. The Morgan fingerprint density at radius 2 is 1.36 bits per heavy atom. The minimum Gasteiger partial charge on any atom is -0.436 e. The van der Waals surface area contributed by atoms with Crippen LogP contribution in [-0.2, 0) is 5.41 Å². The van der Waals surface area contributed by atoms with Crippen LogP contribution in [0.4, 0.5) is 11.4 Å². The van der Waals surface area contributed by atoms with E-state index in [0.29, 0.717) is 5.89 Å². The van der Waals surface area contributed by atoms with E-state index in [1.165, 1.54) is 93.8 Å². The molecular formula is C51H34BN3O. The largest absolute Gasteiger partial charge is 0.436 e. The van der Waals surface area contributed by atoms with Gasteiger partial charge in [0.15, 0.2) is 5.58 Å². The molecule has 0 N–H and O–H groups in total. The molecule has 8 aromatic carbocycles. The minimum absolute atomic E-state index is 0.134. The lowest BCUT2D eigenvalue weighted by Gasteiger charge is -2.43. The molecule has 0 radical (unpaired) electrons. The predicted octanol–water partition coefficient (Wildman–Crippen LogP) is 11.6. The van der Waals surface area contributed by atoms with Gasteiger partial charge in [-0.1, -0.05) is 116 Å². The van der Waals surface area contributed by atoms with Gasteiger partial charge < -0.3 is 13.8 Å². The van der Waals surface area contributed by atoms with E-state index < -0.39 is 0 Å². The second-order valence-electron chi connectivity index (χ2n) is 16.4. The average molecular weight is 716 g/mol. The Bertz CT molecular complexity index is 3350. The van der Waals surface area contributed by atoms with Crippen LogP contribution in [0.15, 0.2) is 156 Å². The van der Waals surface area contributed by atoms with Gasteiger partial charge in [-0.2, -0.15) is 0 Å². The first-order valence-electron chi connectivity index (χ1n) is 19.6. The first-order chi connectivity index (χ1) is 27.5. The molecule has 0 fully saturated rings. The van der Waals surface area contributed by atoms with Crippen molar-refractivity contribution >= 4 is 72.8 Å². The van der Waals surface area contributed by atoms with E-state index in [1.54, 1.807) is 0 Å². The summed E-state index contributed by atoms with van der Waals surface area (Å²) in [4.78, 5) is 7.79. The molecule has 0 amide bonds. The fourth-order valence-corrected chi connectivity index (χ4v) is 10.5. The summed E-state index contributed by atoms with van der Waals surface area (Å²) in [5, 5.41) is 5.12. The summed E-state index contributed by atoms with van der Waals surface area (Å²) in [5.74, 6) is 0.635. The lowest BCUT2D eigenvalue weighted by atomic mass is 9.43. The smallest absolute Gasteiger partial charge is 0.333 e. The van der Waals surface area contributed by atoms with E-state index in [9.17, 15) is 0 Å². The highest BCUT2D eigenvalue weighted by Gasteiger charge is 2.47. The second-order valence-corrected chi connectivity index (χ2v) is 16.4. The Balaban J connectivity index is 1.24. The molecule has 4 nitrogen and oxygen atoms in total. The van der Waals surface area contributed by atoms with E-state index >= 15 is 0 Å². The molecule has 0 saturated carbocycles. The fraction of sp³-hybridized carbons (Fsp3) is 0.0784. The molecule has 4 heterocycles. The lowest BCUT2D eigenvalue weighted by Crippen LogP contribution is -2.60. The summed E-state index contributed by atoms with van der Waals surface area (Å²) in [5.41, 5.74) is 20.3. The summed E-state index contributed by atoms with van der Waals surface area (Å²) >= 11 is 0. The highest BCUT2D eigenvalue weighted by Crippen LogP contribution is 2.55. The Kier molecular flexibility index (Phi) is 5.70. The second kappa shape index (κ2) is 10.5. The summed E-state index contributed by atoms with van der Waals surface area (Å²) in [6, 6.07) is 56.0. The molecule has 0 atom stereocenters. The van der Waals surface area contributed by atoms with Gasteiger partial charge in [-0.05, 0) is 105 Å². The van der Waals surface area contributed by atoms with Crippen molar-refractivity contribution in [3.05, 3.63) is 168 Å². The number of hydrogen-bond donors (Lipinski definition) is 0. The van der Waals surface area contributed by atoms with Crippen molar-refractivity contribution in [3.8, 4) is 39.4 Å². The van der Waals surface area contributed by atoms with Crippen LogP contribution in [0.1, 0.15) is 30.5 Å². The van der Waals surface area contributed by atoms with Gasteiger partial charge in [0.1, 0.15) is 5.52 Å². The van der Waals surface area contributed by atoms with Gasteiger partial charge in [0.2, 0.25) is 5.89 Å². The molecule has 56 heavy (non-hydrogen) atoms. The SMILES string of the molecule is Cc1ccc(N2B3c4cc5nc(-c6ccccc6)oc5cc4-n4c5ccccc5c5c6ccccc6c(c3c54)-c3cc4c(cc32)C(C)(C)c2ccccc2-4)cc1. The number of rotatable bonds is 2. The Morgan fingerprint density at radius 1 is 0.625 bits per heavy atom. The standard InChI is InChI=1S/C51H34BN3O/c1-29-21-23-31(24-22-29)55-43-26-39-36(32-15-9-11-19-38(32)51(39,2)3)25-37(43)46-33-16-7-8-17-34(33)47-35-18-10-12-20-42(35)54-44-28-45-41(27-40(44)52(55)48(46)49(47)54)53-50(56-45)30-13-5-4-6-14-30/h4-28H,1-3H3. The van der Waals surface area contributed by atoms with Crippen molar-refractivity contribution in [3.63, 3.8) is 0 Å². The van der Waals surface area contributed by atoms with Crippen molar-refractivity contribution in [1.29, 1.82) is 0 Å². The van der Waals surface area contributed by atoms with Gasteiger partial charge in [-0.3, -0.25) is 0 Å². The number of anilines is 2. The van der Waals surface area contributed by atoms with Crippen molar-refractivity contribution in [2.24, 2.45) is 0 Å². The van der Waals surface area contributed by atoms with Gasteiger partial charge in [-0.15, -0.1) is 0 Å². The molecular weight excluding hydrogens is 681 g/mol. The monoisotopic (exact) mass is 715 g/mol. The molecule has 0 unspecified atom stereocenters. The number of para-hydroxylation sites is 1. The van der Waals surface area contributed by atoms with E-state index in [4.69, 9.17) is 9.40 Å². The number of oxazole rings is 1. The van der Waals surface area contributed by atoms with E-state index in [1.807, 2.05) is 18.2 Å². The number of hydrogen-bond acceptors (Lipinski definition) is 3. The third kappa shape index (κ3) is 3.73. The van der Waals surface area contributed by atoms with Gasteiger partial charge in [-0.25, -0.2) is 4.98 Å². The molecule has 0 saturated heterocycles. The predicted molar refractivity (Wildman–Crippen MR) is 233 cm³/mol. The van der Waals surface area contributed by atoms with Crippen LogP contribution in [0.3, 0.4) is 0 Å². The maximum atomic E-state index is 6.62. The van der Waals surface area contributed by atoms with Gasteiger partial charge in [0, 0.05) is 50.4 Å². The average Bonchev–Trinajstić information content (AvgIpc) is 3.88. The number of fused-ring (bicyclic) bond motifs is 15. The molecule has 10 aromatic rings. The van der Waals surface area contributed by atoms with E-state index in [0.717, 1.165) is 22.4 Å². The van der Waals surface area contributed by atoms with E-state index in [-0.39, 0.29) is 12.3 Å². The Hall–Kier alpha value is -6.85. The Morgan fingerprint density at radius 3 is 2.20 bits per heavy atom. The maximum Gasteiger partial charge on any atom is 0.333 e.